The van der Waals surface area contributed by atoms with Crippen molar-refractivity contribution in [3.8, 4) is 28.1 Å². The van der Waals surface area contributed by atoms with Crippen LogP contribution in [0.15, 0.2) is 30.5 Å². The van der Waals surface area contributed by atoms with Crippen LogP contribution in [0, 0.1) is 6.07 Å². The molecule has 2 aromatic rings. The molecule has 6 rings (SSSR count). The number of benzene rings is 1. The van der Waals surface area contributed by atoms with E-state index >= 15 is 0 Å². The molecule has 0 amide bonds. The van der Waals surface area contributed by atoms with Crippen molar-refractivity contribution in [1.82, 2.24) is 4.98 Å². The van der Waals surface area contributed by atoms with Gasteiger partial charge in [-0.25, -0.2) is 0 Å². The Hall–Kier alpha value is -1.83. The van der Waals surface area contributed by atoms with E-state index < -0.39 is 0 Å². The highest BCUT2D eigenvalue weighted by molar-refractivity contribution is 5.77. The number of ether oxygens (including phenoxy) is 1. The molecule has 0 unspecified atom stereocenters. The van der Waals surface area contributed by atoms with E-state index in [2.05, 4.69) is 17.1 Å². The molecule has 0 saturated carbocycles. The van der Waals surface area contributed by atoms with Gasteiger partial charge >= 0.3 is 0 Å². The summed E-state index contributed by atoms with van der Waals surface area (Å²) in [5, 5.41) is 0. The normalized spacial score (nSPS) is 11.2. The molecule has 0 N–H and O–H groups in total. The fourth-order valence-corrected chi connectivity index (χ4v) is 1.72. The Morgan fingerprint density at radius 3 is 2.86 bits per heavy atom. The molecule has 1 aromatic heterocycles. The summed E-state index contributed by atoms with van der Waals surface area (Å²) in [6.07, 6.45) is 1.87. The van der Waals surface area contributed by atoms with Crippen molar-refractivity contribution >= 4 is 0 Å². The van der Waals surface area contributed by atoms with Crippen LogP contribution in [0.4, 0.5) is 0 Å². The van der Waals surface area contributed by atoms with Crippen LogP contribution in [-0.4, -0.2) is 12.1 Å². The number of hydrogen-bond acceptors (Lipinski definition) is 2. The molecular formula is C12H8NO. The third-order valence-electron chi connectivity index (χ3n) is 2.46. The minimum absolute atomic E-state index is 0.774. The van der Waals surface area contributed by atoms with E-state index in [4.69, 9.17) is 4.74 Å². The molecule has 4 bridgehead atoms. The van der Waals surface area contributed by atoms with Crippen LogP contribution in [0.1, 0.15) is 0 Å². The highest BCUT2D eigenvalue weighted by atomic mass is 16.5. The molecule has 0 saturated heterocycles. The van der Waals surface area contributed by atoms with Crippen LogP contribution in [-0.2, 0) is 0 Å². The number of hydrogen-bond donors (Lipinski definition) is 0. The van der Waals surface area contributed by atoms with E-state index in [1.54, 1.807) is 7.11 Å². The molecule has 67 valence electrons. The molecule has 4 aliphatic rings. The molecule has 3 heterocycles. The lowest BCUT2D eigenvalue weighted by molar-refractivity contribution is 0.415. The fraction of sp³-hybridized carbons (Fsp3) is 0.0833. The standard InChI is InChI=1S/C12H8NO/c1-14-12-6-8-2-4-10(12)11-5-3-9(8)7-13-11/h2-5,7H,1H3. The van der Waals surface area contributed by atoms with Crippen molar-refractivity contribution in [2.45, 2.75) is 0 Å². The fourth-order valence-electron chi connectivity index (χ4n) is 1.72. The minimum Gasteiger partial charge on any atom is -0.495 e. The number of rotatable bonds is 1. The Balaban J connectivity index is 2.42. The first-order valence-corrected chi connectivity index (χ1v) is 4.45. The summed E-state index contributed by atoms with van der Waals surface area (Å²) in [5.41, 5.74) is 4.05. The molecule has 0 spiro atoms. The van der Waals surface area contributed by atoms with Gasteiger partial charge < -0.3 is 4.74 Å². The van der Waals surface area contributed by atoms with Crippen molar-refractivity contribution in [1.29, 1.82) is 0 Å². The zero-order chi connectivity index (χ0) is 9.54. The Morgan fingerprint density at radius 2 is 2.14 bits per heavy atom. The number of aromatic nitrogens is 1. The summed E-state index contributed by atoms with van der Waals surface area (Å²) in [7, 11) is 1.66. The Morgan fingerprint density at radius 1 is 1.21 bits per heavy atom. The second-order valence-electron chi connectivity index (χ2n) is 3.25. The van der Waals surface area contributed by atoms with Crippen molar-refractivity contribution < 1.29 is 4.74 Å². The predicted molar refractivity (Wildman–Crippen MR) is 54.1 cm³/mol. The van der Waals surface area contributed by atoms with Gasteiger partial charge in [0.15, 0.2) is 0 Å². The first kappa shape index (κ1) is 7.56. The van der Waals surface area contributed by atoms with Crippen molar-refractivity contribution in [3.63, 3.8) is 0 Å². The van der Waals surface area contributed by atoms with Gasteiger partial charge in [0.05, 0.1) is 12.8 Å². The molecule has 14 heavy (non-hydrogen) atoms. The molecule has 0 atom stereocenters. The molecule has 0 fully saturated rings. The monoisotopic (exact) mass is 182 g/mol. The van der Waals surface area contributed by atoms with Crippen LogP contribution in [0.2, 0.25) is 0 Å². The zero-order valence-corrected chi connectivity index (χ0v) is 7.74. The Kier molecular flexibility index (Phi) is 1.39. The van der Waals surface area contributed by atoms with E-state index in [0.717, 1.165) is 28.1 Å². The van der Waals surface area contributed by atoms with Crippen LogP contribution in [0.25, 0.3) is 22.4 Å². The lowest BCUT2D eigenvalue weighted by Crippen LogP contribution is -1.95. The van der Waals surface area contributed by atoms with E-state index in [9.17, 15) is 0 Å². The number of pyridine rings is 1. The van der Waals surface area contributed by atoms with Gasteiger partial charge in [-0.1, -0.05) is 12.1 Å². The van der Waals surface area contributed by atoms with E-state index in [1.165, 1.54) is 0 Å². The maximum absolute atomic E-state index is 5.27. The van der Waals surface area contributed by atoms with Gasteiger partial charge in [-0.2, -0.15) is 0 Å². The van der Waals surface area contributed by atoms with Crippen LogP contribution in [0.3, 0.4) is 0 Å². The molecule has 2 aliphatic carbocycles. The predicted octanol–water partition coefficient (Wildman–Crippen LogP) is 2.54. The van der Waals surface area contributed by atoms with Crippen molar-refractivity contribution in [2.75, 3.05) is 7.11 Å². The maximum atomic E-state index is 5.27. The average Bonchev–Trinajstić information content (AvgIpc) is 2.23. The van der Waals surface area contributed by atoms with Gasteiger partial charge in [0.1, 0.15) is 5.75 Å². The van der Waals surface area contributed by atoms with E-state index in [0.29, 0.717) is 0 Å². The SMILES string of the molecule is COc1[c]c2ccc1-c1ccc-2cn1. The third kappa shape index (κ3) is 0.880. The summed E-state index contributed by atoms with van der Waals surface area (Å²) in [6.45, 7) is 0. The number of nitrogens with zero attached hydrogens (tertiary/aromatic N) is 1. The summed E-state index contributed by atoms with van der Waals surface area (Å²) in [6, 6.07) is 11.4. The maximum Gasteiger partial charge on any atom is 0.136 e. The largest absolute Gasteiger partial charge is 0.495 e. The smallest absolute Gasteiger partial charge is 0.136 e. The lowest BCUT2D eigenvalue weighted by Gasteiger charge is -2.13. The van der Waals surface area contributed by atoms with Crippen molar-refractivity contribution in [2.24, 2.45) is 0 Å². The van der Waals surface area contributed by atoms with E-state index in [1.807, 2.05) is 24.4 Å². The molecule has 2 nitrogen and oxygen atoms in total. The number of methoxy groups -OCH3 is 1. The zero-order valence-electron chi connectivity index (χ0n) is 7.74. The summed E-state index contributed by atoms with van der Waals surface area (Å²) in [5.74, 6) is 0.774. The topological polar surface area (TPSA) is 22.1 Å². The second-order valence-corrected chi connectivity index (χ2v) is 3.25. The summed E-state index contributed by atoms with van der Waals surface area (Å²) < 4.78 is 5.27. The first-order valence-electron chi connectivity index (χ1n) is 4.45. The van der Waals surface area contributed by atoms with Crippen LogP contribution >= 0.6 is 0 Å². The Labute approximate surface area is 82.2 Å². The van der Waals surface area contributed by atoms with Crippen molar-refractivity contribution in [3.05, 3.63) is 36.5 Å². The van der Waals surface area contributed by atoms with Gasteiger partial charge in [-0.15, -0.1) is 0 Å². The third-order valence-corrected chi connectivity index (χ3v) is 2.46. The highest BCUT2D eigenvalue weighted by Crippen LogP contribution is 2.35. The Bertz CT molecular complexity index is 488. The van der Waals surface area contributed by atoms with E-state index in [-0.39, 0.29) is 0 Å². The van der Waals surface area contributed by atoms with Gasteiger partial charge in [-0.05, 0) is 17.7 Å². The quantitative estimate of drug-likeness (QED) is 0.577. The second kappa shape index (κ2) is 2.58. The highest BCUT2D eigenvalue weighted by Gasteiger charge is 2.13. The first-order chi connectivity index (χ1) is 6.88. The molecular weight excluding hydrogens is 174 g/mol. The molecule has 1 aromatic carbocycles. The molecule has 1 radical (unpaired) electrons. The molecule has 2 aliphatic heterocycles. The van der Waals surface area contributed by atoms with Gasteiger partial charge in [0.25, 0.3) is 0 Å². The van der Waals surface area contributed by atoms with Gasteiger partial charge in [-0.3, -0.25) is 4.98 Å². The van der Waals surface area contributed by atoms with Gasteiger partial charge in [0.2, 0.25) is 0 Å². The summed E-state index contributed by atoms with van der Waals surface area (Å²) in [4.78, 5) is 4.35. The summed E-state index contributed by atoms with van der Waals surface area (Å²) >= 11 is 0. The van der Waals surface area contributed by atoms with Crippen LogP contribution in [0.5, 0.6) is 5.75 Å². The van der Waals surface area contributed by atoms with Crippen LogP contribution < -0.4 is 4.74 Å². The molecule has 2 heteroatoms. The van der Waals surface area contributed by atoms with Gasteiger partial charge in [0, 0.05) is 23.4 Å². The minimum atomic E-state index is 0.774. The lowest BCUT2D eigenvalue weighted by atomic mass is 9.98. The average molecular weight is 182 g/mol.